The van der Waals surface area contributed by atoms with Gasteiger partial charge in [-0.2, -0.15) is 0 Å². The van der Waals surface area contributed by atoms with E-state index in [0.29, 0.717) is 5.76 Å². The van der Waals surface area contributed by atoms with E-state index in [1.165, 1.54) is 19.2 Å². The Balaban J connectivity index is 2.04. The number of methoxy groups -OCH3 is 1. The van der Waals surface area contributed by atoms with Crippen LogP contribution in [0, 0.1) is 0 Å². The molecule has 0 amide bonds. The molecule has 0 saturated carbocycles. The normalized spacial score (nSPS) is 11.2. The number of hydrogen-bond acceptors (Lipinski definition) is 6. The van der Waals surface area contributed by atoms with Crippen molar-refractivity contribution in [1.29, 1.82) is 0 Å². The highest BCUT2D eigenvalue weighted by molar-refractivity contribution is 7.17. The van der Waals surface area contributed by atoms with Gasteiger partial charge in [0.2, 0.25) is 5.75 Å². The molecule has 0 saturated heterocycles. The maximum atomic E-state index is 12.5. The summed E-state index contributed by atoms with van der Waals surface area (Å²) in [6.07, 6.45) is 0. The number of ether oxygens (including phenoxy) is 1. The summed E-state index contributed by atoms with van der Waals surface area (Å²) >= 11 is 1.55. The van der Waals surface area contributed by atoms with Crippen LogP contribution in [0.3, 0.4) is 0 Å². The van der Waals surface area contributed by atoms with Crippen molar-refractivity contribution in [3.05, 3.63) is 52.0 Å². The second-order valence-corrected chi connectivity index (χ2v) is 6.18. The summed E-state index contributed by atoms with van der Waals surface area (Å²) in [5.74, 6) is -0.488. The Kier molecular flexibility index (Phi) is 3.21. The van der Waals surface area contributed by atoms with Crippen LogP contribution in [0.5, 0.6) is 17.2 Å². The molecule has 0 aliphatic rings. The maximum Gasteiger partial charge on any atom is 0.203 e. The number of thiophene rings is 1. The molecule has 0 unspecified atom stereocenters. The molecular formula is C18H12O5S. The zero-order valence-corrected chi connectivity index (χ0v) is 13.4. The van der Waals surface area contributed by atoms with E-state index < -0.39 is 11.2 Å². The molecule has 0 bridgehead atoms. The van der Waals surface area contributed by atoms with Gasteiger partial charge >= 0.3 is 0 Å². The van der Waals surface area contributed by atoms with Crippen LogP contribution in [0.25, 0.3) is 32.4 Å². The van der Waals surface area contributed by atoms with Crippen LogP contribution in [-0.2, 0) is 0 Å². The van der Waals surface area contributed by atoms with E-state index in [-0.39, 0.29) is 22.5 Å². The largest absolute Gasteiger partial charge is 0.504 e. The number of aromatic hydroxyl groups is 2. The third-order valence-electron chi connectivity index (χ3n) is 3.88. The van der Waals surface area contributed by atoms with Crippen molar-refractivity contribution in [1.82, 2.24) is 0 Å². The van der Waals surface area contributed by atoms with E-state index in [4.69, 9.17) is 9.15 Å². The van der Waals surface area contributed by atoms with Crippen LogP contribution >= 0.6 is 11.3 Å². The third-order valence-corrected chi connectivity index (χ3v) is 4.84. The van der Waals surface area contributed by atoms with Crippen molar-refractivity contribution in [3.63, 3.8) is 0 Å². The number of benzene rings is 2. The summed E-state index contributed by atoms with van der Waals surface area (Å²) in [5.41, 5.74) is 0.491. The molecule has 4 rings (SSSR count). The molecule has 5 nitrogen and oxygen atoms in total. The summed E-state index contributed by atoms with van der Waals surface area (Å²) in [5, 5.41) is 23.0. The quantitative estimate of drug-likeness (QED) is 0.574. The minimum Gasteiger partial charge on any atom is -0.504 e. The fourth-order valence-electron chi connectivity index (χ4n) is 2.77. The van der Waals surface area contributed by atoms with Crippen LogP contribution in [0.1, 0.15) is 0 Å². The van der Waals surface area contributed by atoms with Gasteiger partial charge in [0.05, 0.1) is 7.11 Å². The Hall–Kier alpha value is -2.99. The first-order chi connectivity index (χ1) is 11.6. The van der Waals surface area contributed by atoms with E-state index in [0.717, 1.165) is 15.6 Å². The summed E-state index contributed by atoms with van der Waals surface area (Å²) in [6.45, 7) is 0. The predicted molar refractivity (Wildman–Crippen MR) is 93.2 cm³/mol. The molecule has 2 aromatic carbocycles. The standard InChI is InChI=1S/C18H12O5S/c1-22-18-12(20)7-14-16(17(18)21)11(19)6-13(23-14)10-8-24-15-5-3-2-4-9(10)15/h2-8,20-21H,1H3. The van der Waals surface area contributed by atoms with Crippen molar-refractivity contribution < 1.29 is 19.4 Å². The average Bonchev–Trinajstić information content (AvgIpc) is 2.98. The molecular weight excluding hydrogens is 328 g/mol. The molecule has 2 heterocycles. The Morgan fingerprint density at radius 2 is 1.96 bits per heavy atom. The lowest BCUT2D eigenvalue weighted by molar-refractivity contribution is 0.346. The second kappa shape index (κ2) is 5.28. The molecule has 0 spiro atoms. The highest BCUT2D eigenvalue weighted by atomic mass is 32.1. The second-order valence-electron chi connectivity index (χ2n) is 5.27. The molecule has 2 aromatic heterocycles. The van der Waals surface area contributed by atoms with E-state index in [9.17, 15) is 15.0 Å². The average molecular weight is 340 g/mol. The van der Waals surface area contributed by atoms with Gasteiger partial charge in [-0.15, -0.1) is 11.3 Å². The lowest BCUT2D eigenvalue weighted by Crippen LogP contribution is -2.01. The third kappa shape index (κ3) is 2.04. The maximum absolute atomic E-state index is 12.5. The molecule has 0 radical (unpaired) electrons. The van der Waals surface area contributed by atoms with Gasteiger partial charge < -0.3 is 19.4 Å². The Labute approximate surface area is 140 Å². The van der Waals surface area contributed by atoms with Crippen molar-refractivity contribution in [3.8, 4) is 28.6 Å². The number of phenols is 2. The smallest absolute Gasteiger partial charge is 0.203 e. The summed E-state index contributed by atoms with van der Waals surface area (Å²) < 4.78 is 11.8. The Morgan fingerprint density at radius 1 is 1.17 bits per heavy atom. The van der Waals surface area contributed by atoms with E-state index in [1.807, 2.05) is 29.6 Å². The molecule has 120 valence electrons. The fourth-order valence-corrected chi connectivity index (χ4v) is 3.72. The zero-order chi connectivity index (χ0) is 16.8. The van der Waals surface area contributed by atoms with Gasteiger partial charge in [0.15, 0.2) is 16.9 Å². The number of fused-ring (bicyclic) bond motifs is 2. The fraction of sp³-hybridized carbons (Fsp3) is 0.0556. The first-order valence-corrected chi connectivity index (χ1v) is 8.01. The van der Waals surface area contributed by atoms with Gasteiger partial charge in [-0.3, -0.25) is 4.79 Å². The van der Waals surface area contributed by atoms with E-state index in [1.54, 1.807) is 11.3 Å². The van der Waals surface area contributed by atoms with Gasteiger partial charge in [0.1, 0.15) is 16.7 Å². The van der Waals surface area contributed by atoms with Gasteiger partial charge in [0, 0.05) is 33.2 Å². The number of phenolic OH excluding ortho intramolecular Hbond substituents is 2. The highest BCUT2D eigenvalue weighted by Crippen LogP contribution is 2.42. The predicted octanol–water partition coefficient (Wildman–Crippen LogP) is 4.09. The minimum absolute atomic E-state index is 0.0204. The van der Waals surface area contributed by atoms with E-state index in [2.05, 4.69) is 0 Å². The van der Waals surface area contributed by atoms with Crippen molar-refractivity contribution >= 4 is 32.4 Å². The first-order valence-electron chi connectivity index (χ1n) is 7.13. The molecule has 4 aromatic rings. The monoisotopic (exact) mass is 340 g/mol. The molecule has 24 heavy (non-hydrogen) atoms. The Bertz CT molecular complexity index is 1140. The van der Waals surface area contributed by atoms with Gasteiger partial charge in [-0.1, -0.05) is 18.2 Å². The van der Waals surface area contributed by atoms with Gasteiger partial charge in [0.25, 0.3) is 0 Å². The number of hydrogen-bond donors (Lipinski definition) is 2. The van der Waals surface area contributed by atoms with Crippen LogP contribution in [0.15, 0.2) is 51.0 Å². The van der Waals surface area contributed by atoms with Crippen molar-refractivity contribution in [2.75, 3.05) is 7.11 Å². The van der Waals surface area contributed by atoms with Crippen molar-refractivity contribution in [2.45, 2.75) is 0 Å². The molecule has 2 N–H and O–H groups in total. The van der Waals surface area contributed by atoms with Crippen LogP contribution in [0.2, 0.25) is 0 Å². The van der Waals surface area contributed by atoms with Crippen LogP contribution < -0.4 is 10.2 Å². The lowest BCUT2D eigenvalue weighted by atomic mass is 10.1. The van der Waals surface area contributed by atoms with Crippen LogP contribution in [-0.4, -0.2) is 17.3 Å². The number of rotatable bonds is 2. The zero-order valence-electron chi connectivity index (χ0n) is 12.6. The van der Waals surface area contributed by atoms with Gasteiger partial charge in [-0.05, 0) is 6.07 Å². The molecule has 6 heteroatoms. The van der Waals surface area contributed by atoms with Crippen LogP contribution in [0.4, 0.5) is 0 Å². The summed E-state index contributed by atoms with van der Waals surface area (Å²) in [6, 6.07) is 10.4. The van der Waals surface area contributed by atoms with E-state index >= 15 is 0 Å². The molecule has 0 fully saturated rings. The minimum atomic E-state index is -0.428. The Morgan fingerprint density at radius 3 is 2.75 bits per heavy atom. The van der Waals surface area contributed by atoms with Gasteiger partial charge in [-0.25, -0.2) is 0 Å². The first kappa shape index (κ1) is 14.6. The topological polar surface area (TPSA) is 79.9 Å². The molecule has 0 aliphatic carbocycles. The summed E-state index contributed by atoms with van der Waals surface area (Å²) in [4.78, 5) is 12.5. The summed E-state index contributed by atoms with van der Waals surface area (Å²) in [7, 11) is 1.30. The SMILES string of the molecule is COc1c(O)cc2oc(-c3csc4ccccc34)cc(=O)c2c1O. The molecule has 0 atom stereocenters. The lowest BCUT2D eigenvalue weighted by Gasteiger charge is -2.09. The van der Waals surface area contributed by atoms with Crippen molar-refractivity contribution in [2.24, 2.45) is 0 Å². The highest BCUT2D eigenvalue weighted by Gasteiger charge is 2.19. The molecule has 0 aliphatic heterocycles.